The number of allylic oxidation sites excluding steroid dienone is 1. The highest BCUT2D eigenvalue weighted by atomic mass is 32.2. The second-order valence-corrected chi connectivity index (χ2v) is 7.78. The van der Waals surface area contributed by atoms with Gasteiger partial charge in [0.1, 0.15) is 11.8 Å². The van der Waals surface area contributed by atoms with Gasteiger partial charge in [0.05, 0.1) is 18.8 Å². The lowest BCUT2D eigenvalue weighted by molar-refractivity contribution is -0.139. The molecule has 1 N–H and O–H groups in total. The minimum Gasteiger partial charge on any atom is -0.494 e. The van der Waals surface area contributed by atoms with Crippen LogP contribution in [0.1, 0.15) is 52.1 Å². The molecule has 8 heteroatoms. The van der Waals surface area contributed by atoms with E-state index in [0.717, 1.165) is 35.6 Å². The van der Waals surface area contributed by atoms with Gasteiger partial charge in [0.15, 0.2) is 0 Å². The van der Waals surface area contributed by atoms with E-state index in [9.17, 15) is 4.79 Å². The molecule has 1 unspecified atom stereocenters. The zero-order valence-electron chi connectivity index (χ0n) is 17.4. The molecule has 1 aliphatic rings. The van der Waals surface area contributed by atoms with Gasteiger partial charge in [-0.25, -0.2) is 9.48 Å². The van der Waals surface area contributed by atoms with Crippen LogP contribution in [0, 0.1) is 0 Å². The Bertz CT molecular complexity index is 877. The van der Waals surface area contributed by atoms with Crippen LogP contribution >= 0.6 is 11.8 Å². The lowest BCUT2D eigenvalue weighted by Gasteiger charge is -2.28. The van der Waals surface area contributed by atoms with Crippen molar-refractivity contribution in [3.05, 3.63) is 41.1 Å². The maximum Gasteiger partial charge on any atom is 0.338 e. The number of hydrogen-bond acceptors (Lipinski definition) is 7. The Kier molecular flexibility index (Phi) is 7.19. The summed E-state index contributed by atoms with van der Waals surface area (Å²) in [5, 5.41) is 8.61. The fourth-order valence-corrected chi connectivity index (χ4v) is 3.83. The van der Waals surface area contributed by atoms with Crippen LogP contribution < -0.4 is 10.1 Å². The van der Waals surface area contributed by atoms with Crippen molar-refractivity contribution in [1.29, 1.82) is 0 Å². The van der Waals surface area contributed by atoms with Crippen LogP contribution in [0.3, 0.4) is 0 Å². The number of esters is 1. The SMILES string of the molecule is CCCOC(=O)C1=C(C)Nc2nc(SCCC)nn2C1c1ccc(OCC)cc1. The van der Waals surface area contributed by atoms with Crippen LogP contribution in [0.5, 0.6) is 5.75 Å². The predicted molar refractivity (Wildman–Crippen MR) is 114 cm³/mol. The second kappa shape index (κ2) is 9.82. The van der Waals surface area contributed by atoms with Crippen molar-refractivity contribution in [2.24, 2.45) is 0 Å². The van der Waals surface area contributed by atoms with E-state index in [2.05, 4.69) is 22.3 Å². The molecule has 2 heterocycles. The molecule has 0 radical (unpaired) electrons. The summed E-state index contributed by atoms with van der Waals surface area (Å²) in [5.41, 5.74) is 2.21. The van der Waals surface area contributed by atoms with Crippen LogP contribution in [0.2, 0.25) is 0 Å². The molecule has 1 aliphatic heterocycles. The quantitative estimate of drug-likeness (QED) is 0.479. The van der Waals surface area contributed by atoms with Gasteiger partial charge in [-0.1, -0.05) is 37.7 Å². The molecule has 156 valence electrons. The first kappa shape index (κ1) is 21.2. The van der Waals surface area contributed by atoms with E-state index in [4.69, 9.17) is 9.47 Å². The lowest BCUT2D eigenvalue weighted by Crippen LogP contribution is -2.29. The molecule has 3 rings (SSSR count). The Hall–Kier alpha value is -2.48. The smallest absolute Gasteiger partial charge is 0.338 e. The van der Waals surface area contributed by atoms with Gasteiger partial charge in [-0.3, -0.25) is 0 Å². The van der Waals surface area contributed by atoms with Crippen molar-refractivity contribution in [1.82, 2.24) is 14.8 Å². The number of carbonyl (C=O) groups excluding carboxylic acids is 1. The number of benzene rings is 1. The van der Waals surface area contributed by atoms with Gasteiger partial charge in [-0.2, -0.15) is 4.98 Å². The fourth-order valence-electron chi connectivity index (χ4n) is 3.14. The minimum absolute atomic E-state index is 0.334. The van der Waals surface area contributed by atoms with Crippen molar-refractivity contribution >= 4 is 23.7 Å². The first-order valence-corrected chi connectivity index (χ1v) is 11.0. The van der Waals surface area contributed by atoms with Crippen molar-refractivity contribution < 1.29 is 14.3 Å². The Balaban J connectivity index is 2.02. The third-order valence-corrected chi connectivity index (χ3v) is 5.48. The molecule has 0 spiro atoms. The third-order valence-electron chi connectivity index (χ3n) is 4.43. The summed E-state index contributed by atoms with van der Waals surface area (Å²) in [4.78, 5) is 17.5. The zero-order valence-corrected chi connectivity index (χ0v) is 18.2. The van der Waals surface area contributed by atoms with Crippen LogP contribution in [-0.4, -0.2) is 39.7 Å². The highest BCUT2D eigenvalue weighted by Gasteiger charge is 2.35. The molecule has 0 saturated heterocycles. The normalized spacial score (nSPS) is 15.7. The summed E-state index contributed by atoms with van der Waals surface area (Å²) in [6.07, 6.45) is 1.81. The van der Waals surface area contributed by atoms with Gasteiger partial charge >= 0.3 is 5.97 Å². The van der Waals surface area contributed by atoms with Crippen molar-refractivity contribution in [2.75, 3.05) is 24.3 Å². The number of nitrogens with zero attached hydrogens (tertiary/aromatic N) is 3. The summed E-state index contributed by atoms with van der Waals surface area (Å²) in [7, 11) is 0. The first-order valence-electron chi connectivity index (χ1n) is 10.1. The summed E-state index contributed by atoms with van der Waals surface area (Å²) >= 11 is 1.61. The van der Waals surface area contributed by atoms with Crippen molar-refractivity contribution in [3.8, 4) is 5.75 Å². The Morgan fingerprint density at radius 3 is 2.62 bits per heavy atom. The highest BCUT2D eigenvalue weighted by molar-refractivity contribution is 7.99. The minimum atomic E-state index is -0.408. The van der Waals surface area contributed by atoms with Gasteiger partial charge in [0, 0.05) is 11.4 Å². The molecule has 1 aromatic heterocycles. The van der Waals surface area contributed by atoms with E-state index < -0.39 is 6.04 Å². The molecule has 0 bridgehead atoms. The van der Waals surface area contributed by atoms with E-state index in [1.165, 1.54) is 0 Å². The lowest BCUT2D eigenvalue weighted by atomic mass is 9.96. The molecule has 0 aliphatic carbocycles. The van der Waals surface area contributed by atoms with Crippen LogP contribution in [0.25, 0.3) is 0 Å². The number of rotatable bonds is 9. The molecule has 7 nitrogen and oxygen atoms in total. The molecule has 1 aromatic carbocycles. The van der Waals surface area contributed by atoms with Crippen molar-refractivity contribution in [3.63, 3.8) is 0 Å². The third kappa shape index (κ3) is 4.75. The van der Waals surface area contributed by atoms with Crippen LogP contribution in [0.15, 0.2) is 40.7 Å². The number of thioether (sulfide) groups is 1. The monoisotopic (exact) mass is 416 g/mol. The maximum absolute atomic E-state index is 12.9. The number of fused-ring (bicyclic) bond motifs is 1. The topological polar surface area (TPSA) is 78.3 Å². The summed E-state index contributed by atoms with van der Waals surface area (Å²) in [6, 6.07) is 7.34. The number of anilines is 1. The van der Waals surface area contributed by atoms with E-state index in [-0.39, 0.29) is 5.97 Å². The van der Waals surface area contributed by atoms with Gasteiger partial charge in [-0.15, -0.1) is 5.10 Å². The number of aromatic nitrogens is 3. The molecular formula is C21H28N4O3S. The Labute approximate surface area is 175 Å². The maximum atomic E-state index is 12.9. The summed E-state index contributed by atoms with van der Waals surface area (Å²) < 4.78 is 12.8. The molecule has 2 aromatic rings. The van der Waals surface area contributed by atoms with Crippen LogP contribution in [-0.2, 0) is 9.53 Å². The average molecular weight is 417 g/mol. The van der Waals surface area contributed by atoms with Crippen molar-refractivity contribution in [2.45, 2.75) is 51.7 Å². The van der Waals surface area contributed by atoms with E-state index in [1.807, 2.05) is 45.0 Å². The molecule has 0 saturated carbocycles. The molecule has 0 amide bonds. The Morgan fingerprint density at radius 1 is 1.21 bits per heavy atom. The van der Waals surface area contributed by atoms with Gasteiger partial charge in [-0.05, 0) is 44.4 Å². The molecule has 29 heavy (non-hydrogen) atoms. The van der Waals surface area contributed by atoms with E-state index in [1.54, 1.807) is 16.4 Å². The fraction of sp³-hybridized carbons (Fsp3) is 0.476. The largest absolute Gasteiger partial charge is 0.494 e. The van der Waals surface area contributed by atoms with E-state index in [0.29, 0.717) is 29.9 Å². The number of nitrogens with one attached hydrogen (secondary N) is 1. The van der Waals surface area contributed by atoms with Gasteiger partial charge in [0.2, 0.25) is 11.1 Å². The van der Waals surface area contributed by atoms with Gasteiger partial charge < -0.3 is 14.8 Å². The standard InChI is InChI=1S/C21H28N4O3S/c1-5-12-28-19(26)17-14(4)22-20-23-21(29-13-6-2)24-25(20)18(17)15-8-10-16(11-9-15)27-7-3/h8-11,18H,5-7,12-13H2,1-4H3,(H,22,23,24). The summed E-state index contributed by atoms with van der Waals surface area (Å²) in [5.74, 6) is 2.03. The highest BCUT2D eigenvalue weighted by Crippen LogP contribution is 2.37. The summed E-state index contributed by atoms with van der Waals surface area (Å²) in [6.45, 7) is 8.91. The Morgan fingerprint density at radius 2 is 1.97 bits per heavy atom. The molecular weight excluding hydrogens is 388 g/mol. The zero-order chi connectivity index (χ0) is 20.8. The second-order valence-electron chi connectivity index (χ2n) is 6.72. The number of carbonyl (C=O) groups is 1. The number of hydrogen-bond donors (Lipinski definition) is 1. The van der Waals surface area contributed by atoms with Gasteiger partial charge in [0.25, 0.3) is 0 Å². The van der Waals surface area contributed by atoms with Crippen LogP contribution in [0.4, 0.5) is 5.95 Å². The number of ether oxygens (including phenoxy) is 2. The first-order chi connectivity index (χ1) is 14.1. The average Bonchev–Trinajstić information content (AvgIpc) is 3.12. The molecule has 1 atom stereocenters. The molecule has 0 fully saturated rings. The van der Waals surface area contributed by atoms with E-state index >= 15 is 0 Å². The predicted octanol–water partition coefficient (Wildman–Crippen LogP) is 4.42.